The van der Waals surface area contributed by atoms with E-state index in [1.165, 1.54) is 0 Å². The van der Waals surface area contributed by atoms with Crippen LogP contribution in [0.1, 0.15) is 32.8 Å². The second kappa shape index (κ2) is 11.1. The maximum Gasteiger partial charge on any atom is 0.261 e. The summed E-state index contributed by atoms with van der Waals surface area (Å²) in [5.41, 5.74) is 0.970. The summed E-state index contributed by atoms with van der Waals surface area (Å²) < 4.78 is 5.61. The van der Waals surface area contributed by atoms with Crippen molar-refractivity contribution in [3.63, 3.8) is 0 Å². The zero-order valence-corrected chi connectivity index (χ0v) is 16.9. The van der Waals surface area contributed by atoms with Gasteiger partial charge in [-0.05, 0) is 37.0 Å². The lowest BCUT2D eigenvalue weighted by atomic mass is 10.1. The molecule has 0 saturated carbocycles. The van der Waals surface area contributed by atoms with Gasteiger partial charge in [0.05, 0.1) is 0 Å². The van der Waals surface area contributed by atoms with Crippen molar-refractivity contribution in [3.05, 3.63) is 66.2 Å². The van der Waals surface area contributed by atoms with Crippen LogP contribution in [0.3, 0.4) is 0 Å². The topological polar surface area (TPSA) is 58.6 Å². The molecule has 2 rings (SSSR count). The Hall–Kier alpha value is -2.82. The molecule has 0 fully saturated rings. The van der Waals surface area contributed by atoms with Gasteiger partial charge in [-0.2, -0.15) is 0 Å². The van der Waals surface area contributed by atoms with Crippen molar-refractivity contribution < 1.29 is 14.3 Å². The first-order chi connectivity index (χ1) is 13.5. The van der Waals surface area contributed by atoms with Crippen molar-refractivity contribution in [1.29, 1.82) is 0 Å². The molecule has 0 spiro atoms. The van der Waals surface area contributed by atoms with E-state index in [1.54, 1.807) is 24.0 Å². The van der Waals surface area contributed by atoms with Gasteiger partial charge in [0.25, 0.3) is 5.91 Å². The number of benzene rings is 2. The second-order valence-electron chi connectivity index (χ2n) is 7.26. The number of nitrogens with zero attached hydrogens (tertiary/aromatic N) is 1. The summed E-state index contributed by atoms with van der Waals surface area (Å²) in [4.78, 5) is 27.0. The smallest absolute Gasteiger partial charge is 0.261 e. The van der Waals surface area contributed by atoms with E-state index in [0.29, 0.717) is 24.8 Å². The molecule has 0 bridgehead atoms. The molecule has 5 nitrogen and oxygen atoms in total. The van der Waals surface area contributed by atoms with E-state index in [1.807, 2.05) is 48.5 Å². The standard InChI is InChI=1S/C23H30N2O3/c1-18(2)14-15-24-23(27)19(3)25(16-20-10-6-4-7-11-20)22(26)17-28-21-12-8-5-9-13-21/h4-13,18-19H,14-17H2,1-3H3,(H,24,27). The third kappa shape index (κ3) is 7.06. The van der Waals surface area contributed by atoms with Crippen molar-refractivity contribution in [2.75, 3.05) is 13.2 Å². The van der Waals surface area contributed by atoms with Gasteiger partial charge in [-0.1, -0.05) is 62.4 Å². The summed E-state index contributed by atoms with van der Waals surface area (Å²) in [5.74, 6) is 0.769. The van der Waals surface area contributed by atoms with E-state index < -0.39 is 6.04 Å². The number of carbonyl (C=O) groups is 2. The minimum absolute atomic E-state index is 0.111. The van der Waals surface area contributed by atoms with Crippen LogP contribution in [0, 0.1) is 5.92 Å². The third-order valence-electron chi connectivity index (χ3n) is 4.49. The molecule has 1 unspecified atom stereocenters. The SMILES string of the molecule is CC(C)CCNC(=O)C(C)N(Cc1ccccc1)C(=O)COc1ccccc1. The van der Waals surface area contributed by atoms with Crippen LogP contribution in [-0.4, -0.2) is 35.9 Å². The number of carbonyl (C=O) groups excluding carboxylic acids is 2. The molecule has 5 heteroatoms. The molecule has 1 atom stereocenters. The van der Waals surface area contributed by atoms with Crippen LogP contribution in [0.5, 0.6) is 5.75 Å². The van der Waals surface area contributed by atoms with Crippen molar-refractivity contribution >= 4 is 11.8 Å². The average Bonchev–Trinajstić information content (AvgIpc) is 2.71. The Bertz CT molecular complexity index is 732. The van der Waals surface area contributed by atoms with Gasteiger partial charge in [0, 0.05) is 13.1 Å². The fourth-order valence-corrected chi connectivity index (χ4v) is 2.74. The van der Waals surface area contributed by atoms with Crippen LogP contribution in [0.2, 0.25) is 0 Å². The second-order valence-corrected chi connectivity index (χ2v) is 7.26. The van der Waals surface area contributed by atoms with Crippen molar-refractivity contribution in [1.82, 2.24) is 10.2 Å². The highest BCUT2D eigenvalue weighted by molar-refractivity contribution is 5.87. The predicted octanol–water partition coefficient (Wildman–Crippen LogP) is 3.65. The summed E-state index contributed by atoms with van der Waals surface area (Å²) >= 11 is 0. The molecule has 2 amide bonds. The molecule has 0 aliphatic heterocycles. The molecule has 0 aliphatic rings. The summed E-state index contributed by atoms with van der Waals surface area (Å²) in [5, 5.41) is 2.94. The normalized spacial score (nSPS) is 11.7. The predicted molar refractivity (Wildman–Crippen MR) is 111 cm³/mol. The molecule has 2 aromatic carbocycles. The van der Waals surface area contributed by atoms with E-state index in [2.05, 4.69) is 19.2 Å². The van der Waals surface area contributed by atoms with Crippen LogP contribution < -0.4 is 10.1 Å². The molecule has 0 aliphatic carbocycles. The summed E-state index contributed by atoms with van der Waals surface area (Å²) in [6, 6.07) is 18.3. The van der Waals surface area contributed by atoms with Crippen molar-refractivity contribution in [2.24, 2.45) is 5.92 Å². The van der Waals surface area contributed by atoms with Crippen LogP contribution in [0.15, 0.2) is 60.7 Å². The minimum atomic E-state index is -0.584. The van der Waals surface area contributed by atoms with Crippen LogP contribution >= 0.6 is 0 Å². The Labute approximate surface area is 167 Å². The number of nitrogens with one attached hydrogen (secondary N) is 1. The first-order valence-corrected chi connectivity index (χ1v) is 9.76. The van der Waals surface area contributed by atoms with Crippen LogP contribution in [-0.2, 0) is 16.1 Å². The zero-order valence-electron chi connectivity index (χ0n) is 16.9. The molecule has 28 heavy (non-hydrogen) atoms. The van der Waals surface area contributed by atoms with E-state index >= 15 is 0 Å². The zero-order chi connectivity index (χ0) is 20.4. The molecular formula is C23H30N2O3. The molecule has 150 valence electrons. The van der Waals surface area contributed by atoms with Gasteiger partial charge in [-0.25, -0.2) is 0 Å². The molecule has 0 heterocycles. The van der Waals surface area contributed by atoms with E-state index in [0.717, 1.165) is 12.0 Å². The van der Waals surface area contributed by atoms with Crippen LogP contribution in [0.25, 0.3) is 0 Å². The van der Waals surface area contributed by atoms with E-state index in [9.17, 15) is 9.59 Å². The highest BCUT2D eigenvalue weighted by atomic mass is 16.5. The fourth-order valence-electron chi connectivity index (χ4n) is 2.74. The third-order valence-corrected chi connectivity index (χ3v) is 4.49. The van der Waals surface area contributed by atoms with Gasteiger partial charge >= 0.3 is 0 Å². The lowest BCUT2D eigenvalue weighted by Crippen LogP contribution is -2.49. The number of hydrogen-bond acceptors (Lipinski definition) is 3. The first-order valence-electron chi connectivity index (χ1n) is 9.76. The first kappa shape index (κ1) is 21.5. The van der Waals surface area contributed by atoms with Gasteiger partial charge in [0.1, 0.15) is 11.8 Å². The summed E-state index contributed by atoms with van der Waals surface area (Å²) in [7, 11) is 0. The van der Waals surface area contributed by atoms with Gasteiger partial charge in [-0.3, -0.25) is 9.59 Å². The lowest BCUT2D eigenvalue weighted by Gasteiger charge is -2.29. The highest BCUT2D eigenvalue weighted by Crippen LogP contribution is 2.12. The summed E-state index contributed by atoms with van der Waals surface area (Å²) in [6.45, 7) is 6.84. The minimum Gasteiger partial charge on any atom is -0.484 e. The molecule has 0 saturated heterocycles. The Kier molecular flexibility index (Phi) is 8.53. The Morgan fingerprint density at radius 1 is 0.964 bits per heavy atom. The number of ether oxygens (including phenoxy) is 1. The van der Waals surface area contributed by atoms with Gasteiger partial charge in [0.2, 0.25) is 5.91 Å². The van der Waals surface area contributed by atoms with E-state index in [4.69, 9.17) is 4.74 Å². The van der Waals surface area contributed by atoms with Gasteiger partial charge in [-0.15, -0.1) is 0 Å². The molecular weight excluding hydrogens is 352 g/mol. The highest BCUT2D eigenvalue weighted by Gasteiger charge is 2.26. The van der Waals surface area contributed by atoms with Gasteiger partial charge < -0.3 is 15.0 Å². The molecule has 0 aromatic heterocycles. The number of rotatable bonds is 10. The molecule has 0 radical (unpaired) electrons. The fraction of sp³-hybridized carbons (Fsp3) is 0.391. The molecule has 2 aromatic rings. The quantitative estimate of drug-likeness (QED) is 0.682. The monoisotopic (exact) mass is 382 g/mol. The van der Waals surface area contributed by atoms with Crippen molar-refractivity contribution in [3.8, 4) is 5.75 Å². The maximum atomic E-state index is 12.9. The van der Waals surface area contributed by atoms with Crippen molar-refractivity contribution in [2.45, 2.75) is 39.8 Å². The molecule has 1 N–H and O–H groups in total. The lowest BCUT2D eigenvalue weighted by molar-refractivity contribution is -0.142. The number of amides is 2. The maximum absolute atomic E-state index is 12.9. The number of para-hydroxylation sites is 1. The van der Waals surface area contributed by atoms with Gasteiger partial charge in [0.15, 0.2) is 6.61 Å². The largest absolute Gasteiger partial charge is 0.484 e. The Morgan fingerprint density at radius 3 is 2.18 bits per heavy atom. The van der Waals surface area contributed by atoms with Crippen LogP contribution in [0.4, 0.5) is 0 Å². The summed E-state index contributed by atoms with van der Waals surface area (Å²) in [6.07, 6.45) is 0.905. The van der Waals surface area contributed by atoms with E-state index in [-0.39, 0.29) is 18.4 Å². The number of hydrogen-bond donors (Lipinski definition) is 1. The Balaban J connectivity index is 2.04. The average molecular weight is 383 g/mol. The Morgan fingerprint density at radius 2 is 1.57 bits per heavy atom.